The predicted octanol–water partition coefficient (Wildman–Crippen LogP) is 5.23. The molecule has 140 valence electrons. The summed E-state index contributed by atoms with van der Waals surface area (Å²) >= 11 is 0. The average molecular weight is 379 g/mol. The molecule has 0 amide bonds. The van der Waals surface area contributed by atoms with Crippen LogP contribution in [0.2, 0.25) is 0 Å². The second-order valence-corrected chi connectivity index (χ2v) is 6.82. The number of fused-ring (bicyclic) bond motifs is 1. The number of allylic oxidation sites excluding steroid dienone is 1. The topological polar surface area (TPSA) is 64.0 Å². The van der Waals surface area contributed by atoms with E-state index in [1.807, 2.05) is 79.7 Å². The first-order chi connectivity index (χ1) is 14.3. The summed E-state index contributed by atoms with van der Waals surface area (Å²) in [6.07, 6.45) is 1.62. The Morgan fingerprint density at radius 2 is 1.69 bits per heavy atom. The Labute approximate surface area is 168 Å². The SMILES string of the molecule is Cc1nn(-c2ccccc2)c2c1[C@H](c1ccco1)C(C#N)=C(c1ccccc1)O2. The quantitative estimate of drug-likeness (QED) is 0.489. The van der Waals surface area contributed by atoms with Crippen molar-refractivity contribution in [1.82, 2.24) is 9.78 Å². The van der Waals surface area contributed by atoms with Gasteiger partial charge < -0.3 is 9.15 Å². The summed E-state index contributed by atoms with van der Waals surface area (Å²) in [6, 6.07) is 25.6. The van der Waals surface area contributed by atoms with Crippen LogP contribution < -0.4 is 4.74 Å². The Hall–Kier alpha value is -4.04. The van der Waals surface area contributed by atoms with Crippen LogP contribution in [-0.2, 0) is 0 Å². The van der Waals surface area contributed by atoms with Gasteiger partial charge in [0, 0.05) is 5.56 Å². The van der Waals surface area contributed by atoms with E-state index in [9.17, 15) is 5.26 Å². The lowest BCUT2D eigenvalue weighted by Crippen LogP contribution is -2.16. The van der Waals surface area contributed by atoms with Crippen molar-refractivity contribution in [3.8, 4) is 17.6 Å². The number of ether oxygens (including phenoxy) is 1. The Bertz CT molecular complexity index is 1230. The second-order valence-electron chi connectivity index (χ2n) is 6.82. The van der Waals surface area contributed by atoms with Crippen molar-refractivity contribution in [3.63, 3.8) is 0 Å². The van der Waals surface area contributed by atoms with E-state index in [0.29, 0.717) is 23.0 Å². The zero-order valence-corrected chi connectivity index (χ0v) is 15.7. The van der Waals surface area contributed by atoms with Crippen molar-refractivity contribution >= 4 is 5.76 Å². The van der Waals surface area contributed by atoms with Gasteiger partial charge in [0.05, 0.1) is 40.8 Å². The van der Waals surface area contributed by atoms with E-state index >= 15 is 0 Å². The summed E-state index contributed by atoms with van der Waals surface area (Å²) in [7, 11) is 0. The number of nitrogens with zero attached hydrogens (tertiary/aromatic N) is 3. The number of rotatable bonds is 3. The van der Waals surface area contributed by atoms with Gasteiger partial charge in [-0.1, -0.05) is 48.5 Å². The van der Waals surface area contributed by atoms with Gasteiger partial charge in [-0.25, -0.2) is 4.68 Å². The lowest BCUT2D eigenvalue weighted by atomic mass is 9.86. The van der Waals surface area contributed by atoms with Crippen molar-refractivity contribution in [3.05, 3.63) is 107 Å². The first kappa shape index (κ1) is 17.1. The lowest BCUT2D eigenvalue weighted by Gasteiger charge is -2.25. The average Bonchev–Trinajstić information content (AvgIpc) is 3.42. The van der Waals surface area contributed by atoms with Gasteiger partial charge in [-0.2, -0.15) is 10.4 Å². The smallest absolute Gasteiger partial charge is 0.227 e. The molecule has 1 atom stereocenters. The highest BCUT2D eigenvalue weighted by atomic mass is 16.5. The summed E-state index contributed by atoms with van der Waals surface area (Å²) in [6.45, 7) is 1.93. The Morgan fingerprint density at radius 3 is 2.34 bits per heavy atom. The maximum absolute atomic E-state index is 10.1. The van der Waals surface area contributed by atoms with Gasteiger partial charge >= 0.3 is 0 Å². The van der Waals surface area contributed by atoms with Crippen molar-refractivity contribution in [2.45, 2.75) is 12.8 Å². The number of hydrogen-bond acceptors (Lipinski definition) is 4. The Kier molecular flexibility index (Phi) is 4.03. The molecule has 1 aliphatic rings. The summed E-state index contributed by atoms with van der Waals surface area (Å²) in [5.41, 5.74) is 3.88. The van der Waals surface area contributed by atoms with E-state index in [1.165, 1.54) is 0 Å². The molecule has 5 rings (SSSR count). The summed E-state index contributed by atoms with van der Waals surface area (Å²) in [5.74, 6) is 1.44. The highest BCUT2D eigenvalue weighted by Gasteiger charge is 2.38. The zero-order chi connectivity index (χ0) is 19.8. The van der Waals surface area contributed by atoms with Crippen LogP contribution in [0.5, 0.6) is 5.88 Å². The van der Waals surface area contributed by atoms with E-state index in [-0.39, 0.29) is 5.92 Å². The highest BCUT2D eigenvalue weighted by Crippen LogP contribution is 2.47. The molecule has 0 bridgehead atoms. The number of benzene rings is 2. The third kappa shape index (κ3) is 2.74. The molecule has 2 aromatic heterocycles. The minimum atomic E-state index is -0.383. The second kappa shape index (κ2) is 6.84. The molecule has 3 heterocycles. The van der Waals surface area contributed by atoms with Crippen LogP contribution in [-0.4, -0.2) is 9.78 Å². The van der Waals surface area contributed by atoms with Gasteiger partial charge in [-0.15, -0.1) is 0 Å². The molecule has 5 nitrogen and oxygen atoms in total. The van der Waals surface area contributed by atoms with Gasteiger partial charge in [0.2, 0.25) is 5.88 Å². The number of furan rings is 1. The van der Waals surface area contributed by atoms with Gasteiger partial charge in [0.25, 0.3) is 0 Å². The van der Waals surface area contributed by atoms with Crippen LogP contribution >= 0.6 is 0 Å². The monoisotopic (exact) mass is 379 g/mol. The Morgan fingerprint density at radius 1 is 0.966 bits per heavy atom. The molecule has 0 spiro atoms. The van der Waals surface area contributed by atoms with E-state index in [0.717, 1.165) is 22.5 Å². The van der Waals surface area contributed by atoms with Gasteiger partial charge in [-0.3, -0.25) is 0 Å². The number of nitriles is 1. The fraction of sp³-hybridized carbons (Fsp3) is 0.0833. The zero-order valence-electron chi connectivity index (χ0n) is 15.7. The lowest BCUT2D eigenvalue weighted by molar-refractivity contribution is 0.435. The van der Waals surface area contributed by atoms with Crippen molar-refractivity contribution < 1.29 is 9.15 Å². The first-order valence-electron chi connectivity index (χ1n) is 9.34. The molecule has 29 heavy (non-hydrogen) atoms. The van der Waals surface area contributed by atoms with Gasteiger partial charge in [0.1, 0.15) is 5.76 Å². The Balaban J connectivity index is 1.79. The third-order valence-corrected chi connectivity index (χ3v) is 5.07. The number of hydrogen-bond donors (Lipinski definition) is 0. The molecule has 4 aromatic rings. The van der Waals surface area contributed by atoms with Crippen LogP contribution in [0, 0.1) is 18.3 Å². The number of para-hydroxylation sites is 1. The maximum Gasteiger partial charge on any atom is 0.227 e. The fourth-order valence-corrected chi connectivity index (χ4v) is 3.78. The molecular formula is C24H17N3O2. The highest BCUT2D eigenvalue weighted by molar-refractivity contribution is 5.75. The molecule has 0 aliphatic carbocycles. The molecule has 0 saturated carbocycles. The molecule has 2 aromatic carbocycles. The van der Waals surface area contributed by atoms with E-state index in [2.05, 4.69) is 6.07 Å². The number of aromatic nitrogens is 2. The molecule has 5 heteroatoms. The largest absolute Gasteiger partial charge is 0.468 e. The van der Waals surface area contributed by atoms with Gasteiger partial charge in [-0.05, 0) is 31.2 Å². The van der Waals surface area contributed by atoms with E-state index in [4.69, 9.17) is 14.3 Å². The molecular weight excluding hydrogens is 362 g/mol. The molecule has 0 unspecified atom stereocenters. The van der Waals surface area contributed by atoms with Crippen LogP contribution in [0.1, 0.15) is 28.5 Å². The normalized spacial score (nSPS) is 15.5. The standard InChI is InChI=1S/C24H17N3O2/c1-16-21-22(20-13-8-14-28-20)19(15-25)23(17-9-4-2-5-10-17)29-24(21)27(26-16)18-11-6-3-7-12-18/h2-14,22H,1H3/t22-/m0/s1. The van der Waals surface area contributed by atoms with Crippen molar-refractivity contribution in [2.24, 2.45) is 0 Å². The summed E-state index contributed by atoms with van der Waals surface area (Å²) in [5, 5.41) is 14.8. The number of aryl methyl sites for hydroxylation is 1. The summed E-state index contributed by atoms with van der Waals surface area (Å²) < 4.78 is 13.9. The summed E-state index contributed by atoms with van der Waals surface area (Å²) in [4.78, 5) is 0. The van der Waals surface area contributed by atoms with E-state index in [1.54, 1.807) is 10.9 Å². The van der Waals surface area contributed by atoms with Crippen LogP contribution in [0.3, 0.4) is 0 Å². The molecule has 0 radical (unpaired) electrons. The third-order valence-electron chi connectivity index (χ3n) is 5.07. The molecule has 0 fully saturated rings. The minimum absolute atomic E-state index is 0.383. The van der Waals surface area contributed by atoms with Crippen molar-refractivity contribution in [1.29, 1.82) is 5.26 Å². The minimum Gasteiger partial charge on any atom is -0.468 e. The van der Waals surface area contributed by atoms with Crippen LogP contribution in [0.25, 0.3) is 11.4 Å². The maximum atomic E-state index is 10.1. The van der Waals surface area contributed by atoms with E-state index < -0.39 is 0 Å². The molecule has 1 aliphatic heterocycles. The molecule has 0 saturated heterocycles. The van der Waals surface area contributed by atoms with Gasteiger partial charge in [0.15, 0.2) is 5.76 Å². The van der Waals surface area contributed by atoms with Crippen LogP contribution in [0.4, 0.5) is 0 Å². The first-order valence-corrected chi connectivity index (χ1v) is 9.34. The van der Waals surface area contributed by atoms with Crippen molar-refractivity contribution in [2.75, 3.05) is 0 Å². The predicted molar refractivity (Wildman–Crippen MR) is 108 cm³/mol. The van der Waals surface area contributed by atoms with Crippen LogP contribution in [0.15, 0.2) is 89.0 Å². The molecule has 0 N–H and O–H groups in total. The fourth-order valence-electron chi connectivity index (χ4n) is 3.78.